The maximum Gasteiger partial charge on any atom is 0.123 e. The van der Waals surface area contributed by atoms with Crippen molar-refractivity contribution in [2.24, 2.45) is 0 Å². The third-order valence-corrected chi connectivity index (χ3v) is 5.28. The van der Waals surface area contributed by atoms with E-state index in [1.165, 1.54) is 0 Å². The number of nitrogens with one attached hydrogen (secondary N) is 1. The number of likely N-dealkylation sites (N-methyl/N-ethyl adjacent to an activating group) is 1. The normalized spacial score (nSPS) is 16.1. The third-order valence-electron chi connectivity index (χ3n) is 5.28. The van der Waals surface area contributed by atoms with Crippen molar-refractivity contribution in [3.63, 3.8) is 0 Å². The Morgan fingerprint density at radius 1 is 1.15 bits per heavy atom. The average molecular weight is 366 g/mol. The van der Waals surface area contributed by atoms with Gasteiger partial charge in [0, 0.05) is 44.5 Å². The van der Waals surface area contributed by atoms with Crippen LogP contribution in [0.3, 0.4) is 0 Å². The highest BCUT2D eigenvalue weighted by Crippen LogP contribution is 2.28. The van der Waals surface area contributed by atoms with Crippen LogP contribution in [0.2, 0.25) is 0 Å². The zero-order chi connectivity index (χ0) is 19.2. The summed E-state index contributed by atoms with van der Waals surface area (Å²) in [7, 11) is 0. The minimum atomic E-state index is -0.207. The van der Waals surface area contributed by atoms with Gasteiger partial charge in [0.2, 0.25) is 0 Å². The zero-order valence-corrected chi connectivity index (χ0v) is 16.1. The number of anilines is 1. The molecule has 0 spiro atoms. The van der Waals surface area contributed by atoms with Crippen LogP contribution < -0.4 is 10.2 Å². The predicted molar refractivity (Wildman–Crippen MR) is 107 cm³/mol. The molecule has 1 saturated heterocycles. The van der Waals surface area contributed by atoms with Gasteiger partial charge in [-0.05, 0) is 54.9 Å². The van der Waals surface area contributed by atoms with Gasteiger partial charge in [-0.1, -0.05) is 19.1 Å². The Morgan fingerprint density at radius 2 is 1.93 bits per heavy atom. The van der Waals surface area contributed by atoms with E-state index in [2.05, 4.69) is 35.0 Å². The van der Waals surface area contributed by atoms with Crippen LogP contribution >= 0.6 is 0 Å². The molecule has 2 aromatic rings. The van der Waals surface area contributed by atoms with Crippen molar-refractivity contribution < 1.29 is 4.39 Å². The Bertz CT molecular complexity index is 806. The lowest BCUT2D eigenvalue weighted by Crippen LogP contribution is -2.46. The molecule has 0 amide bonds. The van der Waals surface area contributed by atoms with Crippen molar-refractivity contribution in [3.05, 3.63) is 65.0 Å². The van der Waals surface area contributed by atoms with E-state index in [1.54, 1.807) is 18.2 Å². The van der Waals surface area contributed by atoms with Crippen LogP contribution in [0.5, 0.6) is 0 Å². The van der Waals surface area contributed by atoms with E-state index in [0.717, 1.165) is 49.5 Å². The Balaban J connectivity index is 1.73. The molecule has 1 unspecified atom stereocenters. The van der Waals surface area contributed by atoms with Gasteiger partial charge in [-0.15, -0.1) is 0 Å². The molecule has 1 heterocycles. The molecule has 0 bridgehead atoms. The standard InChI is InChI=1S/C22H27FN4/c1-3-26-9-11-27(12-10-26)22-8-7-20(23)14-21(22)17(2)25-16-19-6-4-5-18(13-19)15-24/h4-8,13-14,17,25H,3,9-12,16H2,1-2H3. The molecule has 1 aliphatic rings. The van der Waals surface area contributed by atoms with Gasteiger partial charge in [0.1, 0.15) is 5.82 Å². The first kappa shape index (κ1) is 19.3. The Labute approximate surface area is 161 Å². The number of rotatable bonds is 6. The zero-order valence-electron chi connectivity index (χ0n) is 16.1. The van der Waals surface area contributed by atoms with Gasteiger partial charge in [-0.2, -0.15) is 5.26 Å². The van der Waals surface area contributed by atoms with Gasteiger partial charge >= 0.3 is 0 Å². The minimum Gasteiger partial charge on any atom is -0.369 e. The Hall–Kier alpha value is -2.42. The van der Waals surface area contributed by atoms with E-state index in [9.17, 15) is 4.39 Å². The molecule has 0 aliphatic carbocycles. The van der Waals surface area contributed by atoms with Gasteiger partial charge in [-0.25, -0.2) is 4.39 Å². The van der Waals surface area contributed by atoms with Gasteiger partial charge in [-0.3, -0.25) is 0 Å². The first-order valence-electron chi connectivity index (χ1n) is 9.60. The summed E-state index contributed by atoms with van der Waals surface area (Å²) in [5.74, 6) is -0.207. The molecule has 0 aromatic heterocycles. The summed E-state index contributed by atoms with van der Waals surface area (Å²) >= 11 is 0. The lowest BCUT2D eigenvalue weighted by molar-refractivity contribution is 0.271. The maximum absolute atomic E-state index is 14.0. The predicted octanol–water partition coefficient (Wildman–Crippen LogP) is 3.69. The van der Waals surface area contributed by atoms with Gasteiger partial charge in [0.05, 0.1) is 11.6 Å². The maximum atomic E-state index is 14.0. The summed E-state index contributed by atoms with van der Waals surface area (Å²) in [6, 6.07) is 14.8. The minimum absolute atomic E-state index is 0.00523. The highest BCUT2D eigenvalue weighted by Gasteiger charge is 2.20. The van der Waals surface area contributed by atoms with Crippen LogP contribution in [-0.2, 0) is 6.54 Å². The van der Waals surface area contributed by atoms with E-state index in [0.29, 0.717) is 12.1 Å². The number of benzene rings is 2. The number of nitriles is 1. The van der Waals surface area contributed by atoms with Crippen LogP contribution in [0, 0.1) is 17.1 Å². The van der Waals surface area contributed by atoms with Crippen molar-refractivity contribution in [1.29, 1.82) is 5.26 Å². The van der Waals surface area contributed by atoms with E-state index in [4.69, 9.17) is 5.26 Å². The molecule has 3 rings (SSSR count). The van der Waals surface area contributed by atoms with E-state index in [-0.39, 0.29) is 11.9 Å². The molecule has 4 nitrogen and oxygen atoms in total. The fourth-order valence-electron chi connectivity index (χ4n) is 3.60. The van der Waals surface area contributed by atoms with E-state index >= 15 is 0 Å². The van der Waals surface area contributed by atoms with Crippen molar-refractivity contribution in [3.8, 4) is 6.07 Å². The fourth-order valence-corrected chi connectivity index (χ4v) is 3.60. The van der Waals surface area contributed by atoms with Crippen LogP contribution in [-0.4, -0.2) is 37.6 Å². The summed E-state index contributed by atoms with van der Waals surface area (Å²) in [6.45, 7) is 9.96. The van der Waals surface area contributed by atoms with Crippen molar-refractivity contribution in [2.45, 2.75) is 26.4 Å². The number of hydrogen-bond acceptors (Lipinski definition) is 4. The van der Waals surface area contributed by atoms with Crippen molar-refractivity contribution in [1.82, 2.24) is 10.2 Å². The largest absolute Gasteiger partial charge is 0.369 e. The molecule has 1 aliphatic heterocycles. The first-order valence-corrected chi connectivity index (χ1v) is 9.60. The number of halogens is 1. The summed E-state index contributed by atoms with van der Waals surface area (Å²) in [4.78, 5) is 4.79. The molecular weight excluding hydrogens is 339 g/mol. The topological polar surface area (TPSA) is 42.3 Å². The number of piperazine rings is 1. The number of hydrogen-bond donors (Lipinski definition) is 1. The Morgan fingerprint density at radius 3 is 2.63 bits per heavy atom. The molecule has 5 heteroatoms. The number of nitrogens with zero attached hydrogens (tertiary/aromatic N) is 3. The molecule has 142 valence electrons. The lowest BCUT2D eigenvalue weighted by Gasteiger charge is -2.37. The van der Waals surface area contributed by atoms with Crippen molar-refractivity contribution in [2.75, 3.05) is 37.6 Å². The molecule has 0 saturated carbocycles. The lowest BCUT2D eigenvalue weighted by atomic mass is 10.0. The SMILES string of the molecule is CCN1CCN(c2ccc(F)cc2C(C)NCc2cccc(C#N)c2)CC1. The Kier molecular flexibility index (Phi) is 6.44. The molecule has 2 aromatic carbocycles. The summed E-state index contributed by atoms with van der Waals surface area (Å²) in [6.07, 6.45) is 0. The summed E-state index contributed by atoms with van der Waals surface area (Å²) in [5, 5.41) is 12.5. The van der Waals surface area contributed by atoms with Gasteiger partial charge < -0.3 is 15.1 Å². The van der Waals surface area contributed by atoms with Crippen molar-refractivity contribution >= 4 is 5.69 Å². The quantitative estimate of drug-likeness (QED) is 0.847. The van der Waals surface area contributed by atoms with Gasteiger partial charge in [0.15, 0.2) is 0 Å². The highest BCUT2D eigenvalue weighted by atomic mass is 19.1. The summed E-state index contributed by atoms with van der Waals surface area (Å²) < 4.78 is 14.0. The molecular formula is C22H27FN4. The second-order valence-corrected chi connectivity index (χ2v) is 7.04. The fraction of sp³-hybridized carbons (Fsp3) is 0.409. The monoisotopic (exact) mass is 366 g/mol. The summed E-state index contributed by atoms with van der Waals surface area (Å²) in [5.41, 5.74) is 3.80. The molecule has 27 heavy (non-hydrogen) atoms. The molecule has 0 radical (unpaired) electrons. The smallest absolute Gasteiger partial charge is 0.123 e. The third kappa shape index (κ3) is 4.85. The first-order chi connectivity index (χ1) is 13.1. The van der Waals surface area contributed by atoms with Crippen LogP contribution in [0.1, 0.15) is 36.6 Å². The highest BCUT2D eigenvalue weighted by molar-refractivity contribution is 5.55. The van der Waals surface area contributed by atoms with E-state index in [1.807, 2.05) is 24.3 Å². The molecule has 1 N–H and O–H groups in total. The molecule has 1 fully saturated rings. The van der Waals surface area contributed by atoms with Crippen LogP contribution in [0.25, 0.3) is 0 Å². The average Bonchev–Trinajstić information content (AvgIpc) is 2.72. The van der Waals surface area contributed by atoms with Crippen LogP contribution in [0.15, 0.2) is 42.5 Å². The van der Waals surface area contributed by atoms with E-state index < -0.39 is 0 Å². The second-order valence-electron chi connectivity index (χ2n) is 7.04. The van der Waals surface area contributed by atoms with Crippen LogP contribution in [0.4, 0.5) is 10.1 Å². The molecule has 1 atom stereocenters. The van der Waals surface area contributed by atoms with Gasteiger partial charge in [0.25, 0.3) is 0 Å². The second kappa shape index (κ2) is 8.98.